The molecule has 0 atom stereocenters. The summed E-state index contributed by atoms with van der Waals surface area (Å²) >= 11 is 0. The van der Waals surface area contributed by atoms with E-state index in [-0.39, 0.29) is 11.1 Å². The number of rotatable bonds is 3. The summed E-state index contributed by atoms with van der Waals surface area (Å²) < 4.78 is 25.9. The van der Waals surface area contributed by atoms with Gasteiger partial charge in [-0.1, -0.05) is 12.8 Å². The molecule has 90 valence electrons. The highest BCUT2D eigenvalue weighted by atomic mass is 32.2. The van der Waals surface area contributed by atoms with Crippen molar-refractivity contribution in [1.82, 2.24) is 14.3 Å². The lowest BCUT2D eigenvalue weighted by atomic mass is 10.3. The minimum Gasteiger partial charge on any atom is -0.332 e. The number of imidazole rings is 1. The van der Waals surface area contributed by atoms with Crippen molar-refractivity contribution in [2.24, 2.45) is 0 Å². The van der Waals surface area contributed by atoms with Gasteiger partial charge in [0.05, 0.1) is 6.20 Å². The molecule has 1 aliphatic rings. The Morgan fingerprint density at radius 1 is 1.44 bits per heavy atom. The summed E-state index contributed by atoms with van der Waals surface area (Å²) in [5.74, 6) is 0.624. The highest BCUT2D eigenvalue weighted by Crippen LogP contribution is 2.26. The van der Waals surface area contributed by atoms with Gasteiger partial charge in [0.15, 0.2) is 5.03 Å². The second-order valence-electron chi connectivity index (χ2n) is 4.29. The molecule has 1 fully saturated rings. The topological polar surface area (TPSA) is 66.1 Å². The summed E-state index contributed by atoms with van der Waals surface area (Å²) in [6.45, 7) is 1.74. The van der Waals surface area contributed by atoms with E-state index in [4.69, 9.17) is 0 Å². The number of hydrogen-bond acceptors (Lipinski definition) is 3. The Kier molecular flexibility index (Phi) is 3.03. The summed E-state index contributed by atoms with van der Waals surface area (Å²) in [5, 5.41) is 0.194. The second-order valence-corrected chi connectivity index (χ2v) is 6.26. The van der Waals surface area contributed by atoms with E-state index >= 15 is 0 Å². The molecule has 1 N–H and O–H groups in total. The number of aromatic nitrogens is 2. The van der Waals surface area contributed by atoms with Gasteiger partial charge in [-0.2, -0.15) is 4.31 Å². The molecule has 5 nitrogen and oxygen atoms in total. The third-order valence-electron chi connectivity index (χ3n) is 3.18. The fourth-order valence-electron chi connectivity index (χ4n) is 2.15. The average Bonchev–Trinajstić information content (AvgIpc) is 2.86. The monoisotopic (exact) mass is 243 g/mol. The molecule has 6 heteroatoms. The number of nitrogens with zero attached hydrogens (tertiary/aromatic N) is 2. The summed E-state index contributed by atoms with van der Waals surface area (Å²) in [5.41, 5.74) is 0. The Balaban J connectivity index is 2.24. The van der Waals surface area contributed by atoms with Crippen LogP contribution in [0.2, 0.25) is 0 Å². The molecule has 0 bridgehead atoms. The first-order chi connectivity index (χ1) is 7.51. The molecule has 1 heterocycles. The Hall–Kier alpha value is -0.880. The Bertz CT molecular complexity index is 460. The molecule has 0 saturated heterocycles. The quantitative estimate of drug-likeness (QED) is 0.869. The molecule has 0 amide bonds. The van der Waals surface area contributed by atoms with Gasteiger partial charge in [-0.3, -0.25) is 0 Å². The number of sulfonamides is 1. The first-order valence-electron chi connectivity index (χ1n) is 5.51. The van der Waals surface area contributed by atoms with Crippen molar-refractivity contribution in [1.29, 1.82) is 0 Å². The predicted octanol–water partition coefficient (Wildman–Crippen LogP) is 1.28. The van der Waals surface area contributed by atoms with E-state index in [9.17, 15) is 8.42 Å². The number of nitrogens with one attached hydrogen (secondary N) is 1. The van der Waals surface area contributed by atoms with Gasteiger partial charge in [0.1, 0.15) is 5.82 Å². The summed E-state index contributed by atoms with van der Waals surface area (Å²) in [6.07, 6.45) is 5.54. The van der Waals surface area contributed by atoms with Crippen LogP contribution >= 0.6 is 0 Å². The van der Waals surface area contributed by atoms with Gasteiger partial charge < -0.3 is 4.98 Å². The highest BCUT2D eigenvalue weighted by Gasteiger charge is 2.30. The van der Waals surface area contributed by atoms with Gasteiger partial charge >= 0.3 is 0 Å². The van der Waals surface area contributed by atoms with Crippen molar-refractivity contribution in [3.63, 3.8) is 0 Å². The second kappa shape index (κ2) is 4.18. The first-order valence-corrected chi connectivity index (χ1v) is 6.95. The molecule has 0 spiro atoms. The van der Waals surface area contributed by atoms with Crippen molar-refractivity contribution in [3.05, 3.63) is 12.0 Å². The van der Waals surface area contributed by atoms with E-state index in [0.29, 0.717) is 5.82 Å². The molecule has 16 heavy (non-hydrogen) atoms. The molecular weight excluding hydrogens is 226 g/mol. The minimum atomic E-state index is -3.39. The van der Waals surface area contributed by atoms with Gasteiger partial charge in [-0.25, -0.2) is 13.4 Å². The van der Waals surface area contributed by atoms with Gasteiger partial charge in [0.2, 0.25) is 0 Å². The van der Waals surface area contributed by atoms with Crippen LogP contribution < -0.4 is 0 Å². The zero-order chi connectivity index (χ0) is 11.8. The smallest absolute Gasteiger partial charge is 0.260 e. The zero-order valence-corrected chi connectivity index (χ0v) is 10.4. The molecule has 1 aliphatic carbocycles. The van der Waals surface area contributed by atoms with Gasteiger partial charge in [0.25, 0.3) is 10.0 Å². The van der Waals surface area contributed by atoms with E-state index in [1.807, 2.05) is 0 Å². The number of hydrogen-bond donors (Lipinski definition) is 1. The molecule has 0 aromatic carbocycles. The van der Waals surface area contributed by atoms with Gasteiger partial charge in [-0.05, 0) is 19.8 Å². The minimum absolute atomic E-state index is 0.147. The molecule has 1 aromatic rings. The first kappa shape index (κ1) is 11.6. The lowest BCUT2D eigenvalue weighted by Gasteiger charge is -2.22. The van der Waals surface area contributed by atoms with Crippen LogP contribution in [-0.4, -0.2) is 35.8 Å². The van der Waals surface area contributed by atoms with E-state index in [2.05, 4.69) is 9.97 Å². The summed E-state index contributed by atoms with van der Waals surface area (Å²) in [7, 11) is -1.73. The standard InChI is InChI=1S/C10H17N3O2S/c1-8-11-7-10(12-8)16(14,15)13(2)9-5-3-4-6-9/h7,9H,3-6H2,1-2H3,(H,11,12). The predicted molar refractivity (Wildman–Crippen MR) is 60.5 cm³/mol. The van der Waals surface area contributed by atoms with Crippen LogP contribution in [0.25, 0.3) is 0 Å². The number of H-pyrrole nitrogens is 1. The fourth-order valence-corrected chi connectivity index (χ4v) is 3.52. The van der Waals surface area contributed by atoms with E-state index < -0.39 is 10.0 Å². The van der Waals surface area contributed by atoms with Gasteiger partial charge in [0, 0.05) is 13.1 Å². The lowest BCUT2D eigenvalue weighted by Crippen LogP contribution is -2.35. The van der Waals surface area contributed by atoms with Gasteiger partial charge in [-0.15, -0.1) is 0 Å². The molecular formula is C10H17N3O2S. The van der Waals surface area contributed by atoms with Crippen LogP contribution in [0.1, 0.15) is 31.5 Å². The maximum atomic E-state index is 12.2. The van der Waals surface area contributed by atoms with E-state index in [1.165, 1.54) is 10.5 Å². The van der Waals surface area contributed by atoms with Crippen LogP contribution in [0.3, 0.4) is 0 Å². The molecule has 0 aliphatic heterocycles. The average molecular weight is 243 g/mol. The Morgan fingerprint density at radius 2 is 2.06 bits per heavy atom. The molecule has 0 radical (unpaired) electrons. The number of aromatic amines is 1. The van der Waals surface area contributed by atoms with Crippen molar-refractivity contribution >= 4 is 10.0 Å². The number of aryl methyl sites for hydroxylation is 1. The maximum Gasteiger partial charge on any atom is 0.260 e. The fraction of sp³-hybridized carbons (Fsp3) is 0.700. The SMILES string of the molecule is Cc1ncc(S(=O)(=O)N(C)C2CCCC2)[nH]1. The highest BCUT2D eigenvalue weighted by molar-refractivity contribution is 7.89. The molecule has 1 aromatic heterocycles. The Labute approximate surface area is 95.9 Å². The van der Waals surface area contributed by atoms with Crippen LogP contribution in [0, 0.1) is 6.92 Å². The van der Waals surface area contributed by atoms with Crippen LogP contribution in [-0.2, 0) is 10.0 Å². The molecule has 0 unspecified atom stereocenters. The normalized spacial score (nSPS) is 18.4. The third kappa shape index (κ3) is 1.99. The van der Waals surface area contributed by atoms with Crippen molar-refractivity contribution in [2.45, 2.75) is 43.7 Å². The summed E-state index contributed by atoms with van der Waals surface area (Å²) in [4.78, 5) is 6.71. The molecule has 2 rings (SSSR count). The van der Waals surface area contributed by atoms with Crippen LogP contribution in [0.15, 0.2) is 11.2 Å². The lowest BCUT2D eigenvalue weighted by molar-refractivity contribution is 0.371. The van der Waals surface area contributed by atoms with E-state index in [0.717, 1.165) is 25.7 Å². The third-order valence-corrected chi connectivity index (χ3v) is 5.00. The Morgan fingerprint density at radius 3 is 2.56 bits per heavy atom. The van der Waals surface area contributed by atoms with E-state index in [1.54, 1.807) is 14.0 Å². The van der Waals surface area contributed by atoms with Crippen molar-refractivity contribution in [3.8, 4) is 0 Å². The van der Waals surface area contributed by atoms with Crippen LogP contribution in [0.4, 0.5) is 0 Å². The maximum absolute atomic E-state index is 12.2. The van der Waals surface area contributed by atoms with Crippen molar-refractivity contribution in [2.75, 3.05) is 7.05 Å². The largest absolute Gasteiger partial charge is 0.332 e. The van der Waals surface area contributed by atoms with Crippen LogP contribution in [0.5, 0.6) is 0 Å². The molecule has 1 saturated carbocycles. The zero-order valence-electron chi connectivity index (χ0n) is 9.60. The summed E-state index contributed by atoms with van der Waals surface area (Å²) in [6, 6.07) is 0.147. The van der Waals surface area contributed by atoms with Crippen molar-refractivity contribution < 1.29 is 8.42 Å².